The van der Waals surface area contributed by atoms with Crippen LogP contribution in [0, 0.1) is 0 Å². The fourth-order valence-electron chi connectivity index (χ4n) is 2.06. The normalized spacial score (nSPS) is 16.9. The smallest absolute Gasteiger partial charge is 0.240 e. The van der Waals surface area contributed by atoms with Gasteiger partial charge in [-0.2, -0.15) is 0 Å². The van der Waals surface area contributed by atoms with Crippen LogP contribution in [-0.2, 0) is 14.8 Å². The summed E-state index contributed by atoms with van der Waals surface area (Å²) >= 11 is 0. The van der Waals surface area contributed by atoms with Gasteiger partial charge in [-0.15, -0.1) is 0 Å². The van der Waals surface area contributed by atoms with Crippen LogP contribution < -0.4 is 21.1 Å². The molecule has 0 aliphatic carbocycles. The Kier molecular flexibility index (Phi) is 3.63. The van der Waals surface area contributed by atoms with Crippen molar-refractivity contribution in [3.63, 3.8) is 0 Å². The van der Waals surface area contributed by atoms with Crippen LogP contribution in [0.2, 0.25) is 0 Å². The van der Waals surface area contributed by atoms with E-state index in [0.717, 1.165) is 0 Å². The molecule has 104 valence electrons. The summed E-state index contributed by atoms with van der Waals surface area (Å²) < 4.78 is 22.8. The number of nitrogens with one attached hydrogen (secondary N) is 1. The zero-order chi connectivity index (χ0) is 14.0. The standard InChI is InChI=1S/C11H16N4O3S/c12-11-8(2-1-3-9(11)19(13,17)18)15-6-4-10(16)14-5-7-15/h1-3H,4-7,12H2,(H,14,16)(H2,13,17,18). The first-order chi connectivity index (χ1) is 8.89. The third kappa shape index (κ3) is 2.96. The molecule has 5 N–H and O–H groups in total. The number of rotatable bonds is 2. The van der Waals surface area contributed by atoms with E-state index in [-0.39, 0.29) is 16.5 Å². The average Bonchev–Trinajstić information content (AvgIpc) is 2.53. The fraction of sp³-hybridized carbons (Fsp3) is 0.364. The molecule has 0 saturated carbocycles. The number of primary sulfonamides is 1. The van der Waals surface area contributed by atoms with Gasteiger partial charge in [-0.1, -0.05) is 6.07 Å². The molecule has 19 heavy (non-hydrogen) atoms. The molecule has 0 spiro atoms. The van der Waals surface area contributed by atoms with Crippen molar-refractivity contribution < 1.29 is 13.2 Å². The Morgan fingerprint density at radius 1 is 1.26 bits per heavy atom. The van der Waals surface area contributed by atoms with Crippen LogP contribution in [0.5, 0.6) is 0 Å². The SMILES string of the molecule is Nc1c(N2CCNC(=O)CC2)cccc1S(N)(=O)=O. The van der Waals surface area contributed by atoms with Crippen LogP contribution in [0.1, 0.15) is 6.42 Å². The van der Waals surface area contributed by atoms with Gasteiger partial charge in [0.1, 0.15) is 4.90 Å². The number of benzene rings is 1. The highest BCUT2D eigenvalue weighted by Gasteiger charge is 2.20. The number of amides is 1. The lowest BCUT2D eigenvalue weighted by molar-refractivity contribution is -0.120. The Morgan fingerprint density at radius 3 is 2.68 bits per heavy atom. The van der Waals surface area contributed by atoms with Crippen molar-refractivity contribution >= 4 is 27.3 Å². The van der Waals surface area contributed by atoms with Crippen LogP contribution in [0.15, 0.2) is 23.1 Å². The number of nitrogens with zero attached hydrogens (tertiary/aromatic N) is 1. The van der Waals surface area contributed by atoms with E-state index in [1.807, 2.05) is 4.90 Å². The molecule has 1 aliphatic heterocycles. The highest BCUT2D eigenvalue weighted by molar-refractivity contribution is 7.89. The van der Waals surface area contributed by atoms with Gasteiger partial charge >= 0.3 is 0 Å². The molecular weight excluding hydrogens is 268 g/mol. The lowest BCUT2D eigenvalue weighted by Gasteiger charge is -2.24. The van der Waals surface area contributed by atoms with E-state index in [2.05, 4.69) is 5.32 Å². The van der Waals surface area contributed by atoms with Crippen molar-refractivity contribution in [2.24, 2.45) is 5.14 Å². The number of nitrogen functional groups attached to an aromatic ring is 1. The van der Waals surface area contributed by atoms with E-state index in [9.17, 15) is 13.2 Å². The van der Waals surface area contributed by atoms with E-state index in [1.54, 1.807) is 12.1 Å². The number of sulfonamides is 1. The second-order valence-electron chi connectivity index (χ2n) is 4.32. The van der Waals surface area contributed by atoms with Crippen molar-refractivity contribution in [3.8, 4) is 0 Å². The largest absolute Gasteiger partial charge is 0.396 e. The summed E-state index contributed by atoms with van der Waals surface area (Å²) in [5.74, 6) is -0.0244. The maximum absolute atomic E-state index is 11.4. The number of hydrogen-bond donors (Lipinski definition) is 3. The molecule has 1 aromatic rings. The molecule has 7 nitrogen and oxygen atoms in total. The summed E-state index contributed by atoms with van der Waals surface area (Å²) in [6, 6.07) is 4.68. The first-order valence-electron chi connectivity index (χ1n) is 5.82. The third-order valence-corrected chi connectivity index (χ3v) is 3.97. The van der Waals surface area contributed by atoms with E-state index in [1.165, 1.54) is 6.07 Å². The lowest BCUT2D eigenvalue weighted by atomic mass is 10.2. The molecular formula is C11H16N4O3S. The highest BCUT2D eigenvalue weighted by atomic mass is 32.2. The van der Waals surface area contributed by atoms with Crippen LogP contribution in [-0.4, -0.2) is 34.0 Å². The monoisotopic (exact) mass is 284 g/mol. The molecule has 0 bridgehead atoms. The van der Waals surface area contributed by atoms with Gasteiger partial charge in [0.2, 0.25) is 15.9 Å². The third-order valence-electron chi connectivity index (χ3n) is 3.00. The number of para-hydroxylation sites is 1. The molecule has 1 fully saturated rings. The van der Waals surface area contributed by atoms with Crippen molar-refractivity contribution in [1.82, 2.24) is 5.32 Å². The van der Waals surface area contributed by atoms with Crippen LogP contribution in [0.25, 0.3) is 0 Å². The Labute approximate surface area is 111 Å². The van der Waals surface area contributed by atoms with Gasteiger partial charge in [-0.05, 0) is 12.1 Å². The van der Waals surface area contributed by atoms with Crippen LogP contribution in [0.3, 0.4) is 0 Å². The van der Waals surface area contributed by atoms with E-state index in [4.69, 9.17) is 10.9 Å². The summed E-state index contributed by atoms with van der Waals surface area (Å²) in [5.41, 5.74) is 6.59. The van der Waals surface area contributed by atoms with Gasteiger partial charge in [-0.25, -0.2) is 13.6 Å². The minimum absolute atomic E-state index is 0.0244. The summed E-state index contributed by atoms with van der Waals surface area (Å²) in [5, 5.41) is 7.86. The first kappa shape index (κ1) is 13.6. The van der Waals surface area contributed by atoms with Crippen molar-refractivity contribution in [2.75, 3.05) is 30.3 Å². The predicted molar refractivity (Wildman–Crippen MR) is 72.1 cm³/mol. The van der Waals surface area contributed by atoms with E-state index in [0.29, 0.717) is 31.7 Å². The van der Waals surface area contributed by atoms with E-state index < -0.39 is 10.0 Å². The van der Waals surface area contributed by atoms with Crippen LogP contribution >= 0.6 is 0 Å². The number of nitrogens with two attached hydrogens (primary N) is 2. The van der Waals surface area contributed by atoms with Crippen molar-refractivity contribution in [3.05, 3.63) is 18.2 Å². The van der Waals surface area contributed by atoms with Gasteiger partial charge in [-0.3, -0.25) is 4.79 Å². The second-order valence-corrected chi connectivity index (χ2v) is 5.85. The maximum Gasteiger partial charge on any atom is 0.240 e. The summed E-state index contributed by atoms with van der Waals surface area (Å²) in [4.78, 5) is 13.1. The van der Waals surface area contributed by atoms with Crippen LogP contribution in [0.4, 0.5) is 11.4 Å². The molecule has 1 heterocycles. The average molecular weight is 284 g/mol. The zero-order valence-corrected chi connectivity index (χ0v) is 11.1. The van der Waals surface area contributed by atoms with Gasteiger partial charge in [0.05, 0.1) is 11.4 Å². The quantitative estimate of drug-likeness (QED) is 0.617. The fourth-order valence-corrected chi connectivity index (χ4v) is 2.74. The van der Waals surface area contributed by atoms with Gasteiger partial charge in [0.25, 0.3) is 0 Å². The molecule has 0 radical (unpaired) electrons. The number of anilines is 2. The number of hydrogen-bond acceptors (Lipinski definition) is 5. The topological polar surface area (TPSA) is 119 Å². The summed E-state index contributed by atoms with van der Waals surface area (Å²) in [6.07, 6.45) is 0.346. The number of carbonyl (C=O) groups excluding carboxylic acids is 1. The predicted octanol–water partition coefficient (Wildman–Crippen LogP) is -0.757. The molecule has 8 heteroatoms. The molecule has 1 aromatic carbocycles. The molecule has 2 rings (SSSR count). The lowest BCUT2D eigenvalue weighted by Crippen LogP contribution is -2.29. The van der Waals surface area contributed by atoms with Gasteiger partial charge in [0, 0.05) is 26.1 Å². The Morgan fingerprint density at radius 2 is 2.00 bits per heavy atom. The second kappa shape index (κ2) is 5.06. The Hall–Kier alpha value is -1.80. The number of carbonyl (C=O) groups is 1. The Bertz CT molecular complexity index is 600. The van der Waals surface area contributed by atoms with Crippen molar-refractivity contribution in [1.29, 1.82) is 0 Å². The molecule has 0 aromatic heterocycles. The minimum atomic E-state index is -3.85. The van der Waals surface area contributed by atoms with Crippen molar-refractivity contribution in [2.45, 2.75) is 11.3 Å². The Balaban J connectivity index is 2.37. The molecule has 0 atom stereocenters. The summed E-state index contributed by atoms with van der Waals surface area (Å²) in [6.45, 7) is 1.56. The highest BCUT2D eigenvalue weighted by Crippen LogP contribution is 2.29. The zero-order valence-electron chi connectivity index (χ0n) is 10.3. The van der Waals surface area contributed by atoms with Gasteiger partial charge in [0.15, 0.2) is 0 Å². The summed E-state index contributed by atoms with van der Waals surface area (Å²) in [7, 11) is -3.85. The first-order valence-corrected chi connectivity index (χ1v) is 7.37. The van der Waals surface area contributed by atoms with E-state index >= 15 is 0 Å². The minimum Gasteiger partial charge on any atom is -0.396 e. The maximum atomic E-state index is 11.4. The molecule has 1 amide bonds. The molecule has 1 saturated heterocycles. The molecule has 1 aliphatic rings. The van der Waals surface area contributed by atoms with Gasteiger partial charge < -0.3 is 16.0 Å². The molecule has 0 unspecified atom stereocenters.